The maximum absolute atomic E-state index is 9.39. The minimum absolute atomic E-state index is 0.293. The Labute approximate surface area is 142 Å². The van der Waals surface area contributed by atoms with Crippen molar-refractivity contribution in [2.24, 2.45) is 5.41 Å². The first-order chi connectivity index (χ1) is 11.3. The normalized spacial score (nSPS) is 17.3. The number of aliphatic hydroxyl groups is 1. The molecule has 4 nitrogen and oxygen atoms in total. The summed E-state index contributed by atoms with van der Waals surface area (Å²) in [5.41, 5.74) is 1.23. The van der Waals surface area contributed by atoms with Crippen LogP contribution >= 0.6 is 11.3 Å². The lowest BCUT2D eigenvalue weighted by Crippen LogP contribution is -2.36. The minimum atomic E-state index is 0.293. The van der Waals surface area contributed by atoms with Crippen LogP contribution in [0.3, 0.4) is 0 Å². The van der Waals surface area contributed by atoms with Crippen molar-refractivity contribution in [3.8, 4) is 10.7 Å². The van der Waals surface area contributed by atoms with E-state index < -0.39 is 0 Å². The lowest BCUT2D eigenvalue weighted by molar-refractivity contribution is 0.126. The molecule has 0 amide bonds. The maximum atomic E-state index is 9.39. The van der Waals surface area contributed by atoms with Gasteiger partial charge < -0.3 is 10.4 Å². The number of aromatic nitrogens is 2. The Kier molecular flexibility index (Phi) is 5.75. The second-order valence-electron chi connectivity index (χ2n) is 6.48. The van der Waals surface area contributed by atoms with Crippen molar-refractivity contribution in [3.63, 3.8) is 0 Å². The number of hydrogen-bond acceptors (Lipinski definition) is 5. The molecule has 0 spiro atoms. The van der Waals surface area contributed by atoms with Crippen LogP contribution in [0, 0.1) is 5.41 Å². The molecule has 23 heavy (non-hydrogen) atoms. The molecule has 0 radical (unpaired) electrons. The number of nitrogens with zero attached hydrogens (tertiary/aromatic N) is 2. The molecule has 3 rings (SSSR count). The molecule has 1 aliphatic rings. The third kappa shape index (κ3) is 4.37. The fraction of sp³-hybridized carbons (Fsp3) is 0.556. The second kappa shape index (κ2) is 7.99. The predicted octanol–water partition coefficient (Wildman–Crippen LogP) is 3.63. The molecule has 0 saturated heterocycles. The number of nitrogens with one attached hydrogen (secondary N) is 1. The highest BCUT2D eigenvalue weighted by Gasteiger charge is 2.30. The Hall–Kier alpha value is -1.30. The summed E-state index contributed by atoms with van der Waals surface area (Å²) in [5.74, 6) is 0. The van der Waals surface area contributed by atoms with E-state index in [9.17, 15) is 5.11 Å². The summed E-state index contributed by atoms with van der Waals surface area (Å²) in [7, 11) is 0. The molecular formula is C18H25N3OS. The van der Waals surface area contributed by atoms with Gasteiger partial charge in [0.25, 0.3) is 0 Å². The van der Waals surface area contributed by atoms with E-state index in [2.05, 4.69) is 15.3 Å². The van der Waals surface area contributed by atoms with Crippen LogP contribution in [-0.4, -0.2) is 28.2 Å². The topological polar surface area (TPSA) is 58.0 Å². The molecule has 2 heterocycles. The fourth-order valence-electron chi connectivity index (χ4n) is 3.50. The number of rotatable bonds is 7. The molecule has 0 aliphatic heterocycles. The van der Waals surface area contributed by atoms with Crippen molar-refractivity contribution >= 4 is 11.3 Å². The summed E-state index contributed by atoms with van der Waals surface area (Å²) in [4.78, 5) is 10.1. The monoisotopic (exact) mass is 331 g/mol. The van der Waals surface area contributed by atoms with Gasteiger partial charge in [0, 0.05) is 37.0 Å². The summed E-state index contributed by atoms with van der Waals surface area (Å²) >= 11 is 1.70. The summed E-state index contributed by atoms with van der Waals surface area (Å²) in [6.07, 6.45) is 11.1. The zero-order chi connectivity index (χ0) is 16.0. The Balaban J connectivity index is 1.55. The van der Waals surface area contributed by atoms with Gasteiger partial charge in [-0.05, 0) is 36.8 Å². The SMILES string of the molecule is OCCC1(CNCc2cnc(-c3ccccn3)s2)CCCCC1. The van der Waals surface area contributed by atoms with Crippen molar-refractivity contribution < 1.29 is 5.11 Å². The summed E-state index contributed by atoms with van der Waals surface area (Å²) in [5, 5.41) is 14.0. The lowest BCUT2D eigenvalue weighted by Gasteiger charge is -2.37. The highest BCUT2D eigenvalue weighted by atomic mass is 32.1. The predicted molar refractivity (Wildman–Crippen MR) is 94.3 cm³/mol. The van der Waals surface area contributed by atoms with E-state index in [0.717, 1.165) is 30.2 Å². The van der Waals surface area contributed by atoms with E-state index in [4.69, 9.17) is 0 Å². The van der Waals surface area contributed by atoms with Gasteiger partial charge in [0.15, 0.2) is 0 Å². The molecule has 124 valence electrons. The van der Waals surface area contributed by atoms with Crippen molar-refractivity contribution in [1.29, 1.82) is 0 Å². The second-order valence-corrected chi connectivity index (χ2v) is 7.60. The average molecular weight is 331 g/mol. The van der Waals surface area contributed by atoms with Crippen LogP contribution in [0.1, 0.15) is 43.4 Å². The molecule has 2 aromatic rings. The molecule has 2 N–H and O–H groups in total. The molecular weight excluding hydrogens is 306 g/mol. The Morgan fingerprint density at radius 2 is 2.04 bits per heavy atom. The van der Waals surface area contributed by atoms with Crippen LogP contribution in [0.2, 0.25) is 0 Å². The van der Waals surface area contributed by atoms with Crippen molar-refractivity contribution in [3.05, 3.63) is 35.5 Å². The summed E-state index contributed by atoms with van der Waals surface area (Å²) in [6, 6.07) is 5.90. The van der Waals surface area contributed by atoms with Gasteiger partial charge in [-0.2, -0.15) is 0 Å². The van der Waals surface area contributed by atoms with E-state index in [0.29, 0.717) is 12.0 Å². The molecule has 2 aromatic heterocycles. The van der Waals surface area contributed by atoms with Gasteiger partial charge in [-0.3, -0.25) is 4.98 Å². The molecule has 1 saturated carbocycles. The first-order valence-electron chi connectivity index (χ1n) is 8.49. The minimum Gasteiger partial charge on any atom is -0.396 e. The van der Waals surface area contributed by atoms with Crippen LogP contribution in [-0.2, 0) is 6.54 Å². The van der Waals surface area contributed by atoms with Crippen LogP contribution < -0.4 is 5.32 Å². The zero-order valence-electron chi connectivity index (χ0n) is 13.5. The van der Waals surface area contributed by atoms with Gasteiger partial charge in [-0.1, -0.05) is 25.3 Å². The first-order valence-corrected chi connectivity index (χ1v) is 9.31. The van der Waals surface area contributed by atoms with E-state index in [-0.39, 0.29) is 0 Å². The van der Waals surface area contributed by atoms with Gasteiger partial charge in [-0.25, -0.2) is 4.98 Å². The molecule has 1 aliphatic carbocycles. The van der Waals surface area contributed by atoms with Crippen LogP contribution in [0.25, 0.3) is 10.7 Å². The highest BCUT2D eigenvalue weighted by Crippen LogP contribution is 2.38. The van der Waals surface area contributed by atoms with Crippen molar-refractivity contribution in [2.75, 3.05) is 13.2 Å². The summed E-state index contributed by atoms with van der Waals surface area (Å²) in [6.45, 7) is 2.13. The van der Waals surface area contributed by atoms with Gasteiger partial charge in [0.2, 0.25) is 0 Å². The number of aliphatic hydroxyl groups excluding tert-OH is 1. The van der Waals surface area contributed by atoms with Gasteiger partial charge in [0.1, 0.15) is 5.01 Å². The zero-order valence-corrected chi connectivity index (χ0v) is 14.3. The van der Waals surface area contributed by atoms with Crippen LogP contribution in [0.4, 0.5) is 0 Å². The third-order valence-electron chi connectivity index (χ3n) is 4.79. The standard InChI is InChI=1S/C18H25N3OS/c22-11-9-18(7-3-1-4-8-18)14-19-12-15-13-21-17(23-15)16-6-2-5-10-20-16/h2,5-6,10,13,19,22H,1,3-4,7-9,11-12,14H2. The molecule has 0 atom stereocenters. The maximum Gasteiger partial charge on any atom is 0.142 e. The number of hydrogen-bond donors (Lipinski definition) is 2. The van der Waals surface area contributed by atoms with Gasteiger partial charge >= 0.3 is 0 Å². The number of pyridine rings is 1. The highest BCUT2D eigenvalue weighted by molar-refractivity contribution is 7.14. The largest absolute Gasteiger partial charge is 0.396 e. The number of thiazole rings is 1. The van der Waals surface area contributed by atoms with E-state index >= 15 is 0 Å². The Morgan fingerprint density at radius 3 is 2.78 bits per heavy atom. The molecule has 0 aromatic carbocycles. The Morgan fingerprint density at radius 1 is 1.17 bits per heavy atom. The molecule has 5 heteroatoms. The Bertz CT molecular complexity index is 588. The lowest BCUT2D eigenvalue weighted by atomic mass is 9.72. The van der Waals surface area contributed by atoms with Gasteiger partial charge in [0.05, 0.1) is 5.69 Å². The fourth-order valence-corrected chi connectivity index (χ4v) is 4.36. The quantitative estimate of drug-likeness (QED) is 0.813. The van der Waals surface area contributed by atoms with Crippen molar-refractivity contribution in [1.82, 2.24) is 15.3 Å². The van der Waals surface area contributed by atoms with Crippen LogP contribution in [0.15, 0.2) is 30.6 Å². The van der Waals surface area contributed by atoms with E-state index in [1.54, 1.807) is 17.5 Å². The van der Waals surface area contributed by atoms with E-state index in [1.165, 1.54) is 37.0 Å². The smallest absolute Gasteiger partial charge is 0.142 e. The van der Waals surface area contributed by atoms with Crippen molar-refractivity contribution in [2.45, 2.75) is 45.1 Å². The molecule has 0 unspecified atom stereocenters. The summed E-state index contributed by atoms with van der Waals surface area (Å²) < 4.78 is 0. The van der Waals surface area contributed by atoms with E-state index in [1.807, 2.05) is 24.4 Å². The average Bonchev–Trinajstić information content (AvgIpc) is 3.06. The molecule has 0 bridgehead atoms. The van der Waals surface area contributed by atoms with Crippen LogP contribution in [0.5, 0.6) is 0 Å². The van der Waals surface area contributed by atoms with Gasteiger partial charge in [-0.15, -0.1) is 11.3 Å². The third-order valence-corrected chi connectivity index (χ3v) is 5.81. The molecule has 1 fully saturated rings. The first kappa shape index (κ1) is 16.6.